The summed E-state index contributed by atoms with van der Waals surface area (Å²) in [4.78, 5) is 120. The van der Waals surface area contributed by atoms with E-state index in [9.17, 15) is 28.8 Å². The van der Waals surface area contributed by atoms with Gasteiger partial charge in [0.25, 0.3) is 34.4 Å². The van der Waals surface area contributed by atoms with E-state index < -0.39 is 0 Å². The quantitative estimate of drug-likeness (QED) is 0.0365. The van der Waals surface area contributed by atoms with Crippen LogP contribution in [-0.2, 0) is 4.74 Å². The average molecular weight is 1330 g/mol. The molecule has 3 aromatic carbocycles. The smallest absolute Gasteiger partial charge is 0.271 e. The molecule has 0 spiro atoms. The van der Waals surface area contributed by atoms with Crippen LogP contribution in [0.2, 0.25) is 0 Å². The molecule has 3 fully saturated rings. The van der Waals surface area contributed by atoms with Crippen molar-refractivity contribution < 1.29 is 19.1 Å². The van der Waals surface area contributed by atoms with Gasteiger partial charge in [-0.25, -0.2) is 29.9 Å². The van der Waals surface area contributed by atoms with Crippen LogP contribution in [0.25, 0.3) is 33.8 Å². The van der Waals surface area contributed by atoms with Crippen molar-refractivity contribution >= 4 is 69.7 Å². The molecule has 28 heteroatoms. The number of pyridine rings is 3. The zero-order chi connectivity index (χ0) is 68.9. The maximum Gasteiger partial charge on any atom is 0.271 e. The largest absolute Gasteiger partial charge is 0.385 e. The van der Waals surface area contributed by atoms with Crippen molar-refractivity contribution in [3.63, 3.8) is 0 Å². The van der Waals surface area contributed by atoms with Crippen LogP contribution in [0, 0.1) is 0 Å². The monoisotopic (exact) mass is 1330 g/mol. The number of methoxy groups -OCH3 is 1. The molecule has 98 heavy (non-hydrogen) atoms. The van der Waals surface area contributed by atoms with E-state index in [1.807, 2.05) is 36.4 Å². The summed E-state index contributed by atoms with van der Waals surface area (Å²) in [6.45, 7) is 17.9. The number of amides is 3. The van der Waals surface area contributed by atoms with Gasteiger partial charge in [0.2, 0.25) is 17.8 Å². The van der Waals surface area contributed by atoms with E-state index in [1.54, 1.807) is 138 Å². The van der Waals surface area contributed by atoms with E-state index in [2.05, 4.69) is 120 Å². The number of hydrogen-bond acceptors (Lipinski definition) is 22. The maximum absolute atomic E-state index is 12.8. The number of rotatable bonds is 20. The van der Waals surface area contributed by atoms with Crippen molar-refractivity contribution in [1.29, 1.82) is 0 Å². The summed E-state index contributed by atoms with van der Waals surface area (Å²) in [6.07, 6.45) is 10.6. The number of benzene rings is 3. The molecule has 3 amide bonds. The number of nitrogens with one attached hydrogen (secondary N) is 10. The summed E-state index contributed by atoms with van der Waals surface area (Å²) in [6, 6.07) is 33.0. The minimum Gasteiger partial charge on any atom is -0.385 e. The third-order valence-corrected chi connectivity index (χ3v) is 16.8. The van der Waals surface area contributed by atoms with E-state index in [1.165, 1.54) is 0 Å². The molecule has 28 nitrogen and oxygen atoms in total. The molecule has 510 valence electrons. The molecule has 9 heterocycles. The second kappa shape index (κ2) is 34.0. The highest BCUT2D eigenvalue weighted by Crippen LogP contribution is 2.25. The van der Waals surface area contributed by atoms with Gasteiger partial charge in [-0.15, -0.1) is 0 Å². The van der Waals surface area contributed by atoms with Gasteiger partial charge in [0.1, 0.15) is 17.1 Å². The van der Waals surface area contributed by atoms with Gasteiger partial charge in [0.05, 0.1) is 17.1 Å². The van der Waals surface area contributed by atoms with Crippen molar-refractivity contribution in [2.45, 2.75) is 26.3 Å². The predicted molar refractivity (Wildman–Crippen MR) is 385 cm³/mol. The Morgan fingerprint density at radius 2 is 0.806 bits per heavy atom. The standard InChI is InChI=1S/C25H31N7O3.C24H29N7O2.C21H23N7O2/c1-26-25-27-9-8-21(30-25)19-16-22(24(34)28-17-19)29-23(33)18-4-6-20(7-5-18)32-13-11-31(12-14-32)10-3-15-35-2;1-16(2)30-10-12-31(13-11-30)19-6-4-17(5-7-19)22(32)28-21-14-18(15-27-23(21)33)20-8-9-26-24(25-3)29-20;1-22-21-24-7-6-17(27-21)15-12-18(20(30)25-13-15)26-19(29)14-2-4-16(5-3-14)28-10-8-23-9-11-28/h4-9,16-17H,3,10-15H2,1-2H3,(H,28,34)(H,29,33)(H,26,27,30);4-9,14-16H,10-13H2,1-3H3,(H,27,33)(H,28,32)(H,25,26,29);2-7,12-13,23H,8-11H2,1H3,(H,25,30)(H,26,29)(H,22,24,27). The molecule has 3 aliphatic heterocycles. The van der Waals surface area contributed by atoms with Gasteiger partial charge in [0.15, 0.2) is 0 Å². The third kappa shape index (κ3) is 18.6. The molecule has 0 atom stereocenters. The van der Waals surface area contributed by atoms with E-state index in [4.69, 9.17) is 4.74 Å². The zero-order valence-electron chi connectivity index (χ0n) is 55.8. The van der Waals surface area contributed by atoms with Crippen LogP contribution < -0.4 is 68.6 Å². The average Bonchev–Trinajstić information content (AvgIpc) is 0.880. The van der Waals surface area contributed by atoms with Crippen molar-refractivity contribution in [3.05, 3.63) is 194 Å². The van der Waals surface area contributed by atoms with Crippen LogP contribution in [-0.4, -0.2) is 198 Å². The van der Waals surface area contributed by atoms with Gasteiger partial charge in [-0.3, -0.25) is 38.6 Å². The number of H-pyrrole nitrogens is 3. The number of carbonyl (C=O) groups is 3. The molecule has 0 bridgehead atoms. The molecule has 3 saturated heterocycles. The molecule has 0 unspecified atom stereocenters. The molecular weight excluding hydrogens is 1250 g/mol. The van der Waals surface area contributed by atoms with Crippen molar-refractivity contribution in [1.82, 2.24) is 60.0 Å². The number of aromatic amines is 3. The Kier molecular flexibility index (Phi) is 24.1. The molecule has 0 aliphatic carbocycles. The van der Waals surface area contributed by atoms with Gasteiger partial charge in [-0.1, -0.05) is 0 Å². The fraction of sp³-hybridized carbons (Fsp3) is 0.314. The Bertz CT molecular complexity index is 4320. The predicted octanol–water partition coefficient (Wildman–Crippen LogP) is 6.48. The van der Waals surface area contributed by atoms with Gasteiger partial charge in [0, 0.05) is 214 Å². The van der Waals surface area contributed by atoms with Gasteiger partial charge < -0.3 is 71.6 Å². The minimum absolute atomic E-state index is 0.158. The Morgan fingerprint density at radius 3 is 1.13 bits per heavy atom. The number of nitrogens with zero attached hydrogens (tertiary/aromatic N) is 11. The number of hydrogen-bond donors (Lipinski definition) is 10. The SMILES string of the molecule is CNc1nccc(-c2c[nH]c(=O)c(NC(=O)c3ccc(N4CCN(C(C)C)CC4)cc3)c2)n1.CNc1nccc(-c2c[nH]c(=O)c(NC(=O)c3ccc(N4CCN(CCCOC)CC4)cc3)c2)n1.CNc1nccc(-c2c[nH]c(=O)c(NC(=O)c3ccc(N4CCNCC4)cc3)c2)n1. The summed E-state index contributed by atoms with van der Waals surface area (Å²) < 4.78 is 5.14. The first kappa shape index (κ1) is 69.6. The Balaban J connectivity index is 0.000000160. The molecule has 10 N–H and O–H groups in total. The Labute approximate surface area is 567 Å². The fourth-order valence-corrected chi connectivity index (χ4v) is 11.2. The van der Waals surface area contributed by atoms with E-state index in [-0.39, 0.29) is 51.5 Å². The molecule has 12 rings (SSSR count). The maximum atomic E-state index is 12.8. The summed E-state index contributed by atoms with van der Waals surface area (Å²) in [7, 11) is 6.92. The second-order valence-corrected chi connectivity index (χ2v) is 23.5. The topological polar surface area (TPSA) is 337 Å². The summed E-state index contributed by atoms with van der Waals surface area (Å²) in [5.74, 6) is 0.368. The first-order valence-corrected chi connectivity index (χ1v) is 32.5. The normalized spacial score (nSPS) is 14.1. The second-order valence-electron chi connectivity index (χ2n) is 23.5. The molecule has 6 aromatic heterocycles. The van der Waals surface area contributed by atoms with Gasteiger partial charge in [-0.2, -0.15) is 0 Å². The van der Waals surface area contributed by atoms with Gasteiger partial charge in [-0.05, 0) is 129 Å². The third-order valence-electron chi connectivity index (χ3n) is 16.8. The zero-order valence-corrected chi connectivity index (χ0v) is 55.8. The number of carbonyl (C=O) groups excluding carboxylic acids is 3. The lowest BCUT2D eigenvalue weighted by molar-refractivity contribution is 0.101. The highest BCUT2D eigenvalue weighted by Gasteiger charge is 2.22. The first-order valence-electron chi connectivity index (χ1n) is 32.5. The number of ether oxygens (including phenoxy) is 1. The fourth-order valence-electron chi connectivity index (χ4n) is 11.2. The van der Waals surface area contributed by atoms with Crippen LogP contribution in [0.15, 0.2) is 161 Å². The molecule has 3 aliphatic rings. The van der Waals surface area contributed by atoms with E-state index in [0.29, 0.717) is 74.3 Å². The molecular formula is C70H83N21O7. The number of aromatic nitrogens is 9. The van der Waals surface area contributed by atoms with Crippen molar-refractivity contribution in [2.24, 2.45) is 0 Å². The van der Waals surface area contributed by atoms with E-state index >= 15 is 0 Å². The lowest BCUT2D eigenvalue weighted by atomic mass is 10.1. The Hall–Kier alpha value is -11.2. The Morgan fingerprint density at radius 1 is 0.469 bits per heavy atom. The van der Waals surface area contributed by atoms with Crippen LogP contribution in [0.4, 0.5) is 52.0 Å². The van der Waals surface area contributed by atoms with Crippen molar-refractivity contribution in [3.8, 4) is 33.8 Å². The first-order chi connectivity index (χ1) is 47.6. The molecule has 0 saturated carbocycles. The minimum atomic E-state index is -0.384. The summed E-state index contributed by atoms with van der Waals surface area (Å²) in [5, 5.41) is 20.1. The number of anilines is 9. The van der Waals surface area contributed by atoms with Crippen LogP contribution >= 0.6 is 0 Å². The van der Waals surface area contributed by atoms with Crippen molar-refractivity contribution in [2.75, 3.05) is 167 Å². The van der Waals surface area contributed by atoms with Gasteiger partial charge >= 0.3 is 0 Å². The van der Waals surface area contributed by atoms with Crippen LogP contribution in [0.5, 0.6) is 0 Å². The van der Waals surface area contributed by atoms with Crippen LogP contribution in [0.3, 0.4) is 0 Å². The lowest BCUT2D eigenvalue weighted by Gasteiger charge is -2.38. The highest BCUT2D eigenvalue weighted by molar-refractivity contribution is 6.06. The lowest BCUT2D eigenvalue weighted by Crippen LogP contribution is -2.48. The summed E-state index contributed by atoms with van der Waals surface area (Å²) >= 11 is 0. The molecule has 9 aromatic rings. The van der Waals surface area contributed by atoms with Crippen LogP contribution in [0.1, 0.15) is 51.3 Å². The highest BCUT2D eigenvalue weighted by atomic mass is 16.5. The van der Waals surface area contributed by atoms with E-state index in [0.717, 1.165) is 115 Å². The summed E-state index contributed by atoms with van der Waals surface area (Å²) in [5.41, 5.74) is 7.93. The molecule has 0 radical (unpaired) electrons. The number of piperazine rings is 3.